The van der Waals surface area contributed by atoms with Crippen LogP contribution >= 0.6 is 0 Å². The summed E-state index contributed by atoms with van der Waals surface area (Å²) < 4.78 is 60.6. The Morgan fingerprint density at radius 3 is 1.59 bits per heavy atom. The molecule has 0 fully saturated rings. The van der Waals surface area contributed by atoms with Crippen molar-refractivity contribution in [1.29, 1.82) is 0 Å². The Kier molecular flexibility index (Phi) is 7.21. The molecule has 0 amide bonds. The highest BCUT2D eigenvalue weighted by Crippen LogP contribution is 2.16. The van der Waals surface area contributed by atoms with Gasteiger partial charge in [0, 0.05) is 0 Å². The molecule has 0 bridgehead atoms. The lowest BCUT2D eigenvalue weighted by Gasteiger charge is -2.14. The molecule has 0 aliphatic carbocycles. The minimum Gasteiger partial charge on any atom is -0.390 e. The normalized spacial score (nSPS) is 12.6. The molecule has 0 aromatic heterocycles. The van der Waals surface area contributed by atoms with E-state index in [0.29, 0.717) is 11.1 Å². The maximum Gasteiger partial charge on any atom is 0.293 e. The van der Waals surface area contributed by atoms with E-state index >= 15 is 0 Å². The maximum atomic E-state index is 12.8. The molecule has 1 aromatic rings. The molecule has 0 atom stereocenters. The van der Waals surface area contributed by atoms with E-state index in [9.17, 15) is 17.6 Å². The maximum absolute atomic E-state index is 12.8. The zero-order valence-electron chi connectivity index (χ0n) is 11.8. The fraction of sp³-hybridized carbons (Fsp3) is 0.571. The Bertz CT molecular complexity index is 417. The summed E-state index contributed by atoms with van der Waals surface area (Å²) in [4.78, 5) is 0. The highest BCUT2D eigenvalue weighted by molar-refractivity contribution is 5.22. The Morgan fingerprint density at radius 2 is 1.23 bits per heavy atom. The fourth-order valence-electron chi connectivity index (χ4n) is 1.54. The van der Waals surface area contributed by atoms with E-state index in [-0.39, 0.29) is 13.2 Å². The van der Waals surface area contributed by atoms with E-state index in [2.05, 4.69) is 0 Å². The molecule has 8 heteroatoms. The van der Waals surface area contributed by atoms with Crippen molar-refractivity contribution in [3.63, 3.8) is 0 Å². The number of aliphatic hydroxyl groups excluding tert-OH is 2. The minimum absolute atomic E-state index is 0.101. The van der Waals surface area contributed by atoms with Gasteiger partial charge in [-0.1, -0.05) is 24.3 Å². The molecule has 0 radical (unpaired) electrons. The molecular formula is C14H18F4O4. The van der Waals surface area contributed by atoms with Gasteiger partial charge < -0.3 is 19.7 Å². The van der Waals surface area contributed by atoms with Crippen molar-refractivity contribution in [2.24, 2.45) is 0 Å². The van der Waals surface area contributed by atoms with Crippen LogP contribution in [0.25, 0.3) is 0 Å². The molecule has 0 aliphatic heterocycles. The summed E-state index contributed by atoms with van der Waals surface area (Å²) in [7, 11) is 0. The summed E-state index contributed by atoms with van der Waals surface area (Å²) >= 11 is 0. The van der Waals surface area contributed by atoms with Crippen LogP contribution in [0.3, 0.4) is 0 Å². The van der Waals surface area contributed by atoms with Crippen LogP contribution in [0.5, 0.6) is 0 Å². The average Bonchev–Trinajstić information content (AvgIpc) is 2.47. The number of aliphatic hydroxyl groups is 2. The van der Waals surface area contributed by atoms with Crippen LogP contribution < -0.4 is 0 Å². The van der Waals surface area contributed by atoms with Gasteiger partial charge in [0.1, 0.15) is 26.4 Å². The van der Waals surface area contributed by atoms with Crippen molar-refractivity contribution in [3.05, 3.63) is 35.4 Å². The van der Waals surface area contributed by atoms with Crippen molar-refractivity contribution < 1.29 is 37.2 Å². The topological polar surface area (TPSA) is 58.9 Å². The number of hydrogen-bond donors (Lipinski definition) is 2. The lowest BCUT2D eigenvalue weighted by Crippen LogP contribution is -2.28. The molecule has 0 spiro atoms. The van der Waals surface area contributed by atoms with E-state index in [0.717, 1.165) is 0 Å². The Morgan fingerprint density at radius 1 is 0.818 bits per heavy atom. The third-order valence-corrected chi connectivity index (χ3v) is 2.62. The number of hydrogen-bond acceptors (Lipinski definition) is 4. The molecular weight excluding hydrogens is 308 g/mol. The summed E-state index contributed by atoms with van der Waals surface area (Å²) in [6.07, 6.45) is 0. The van der Waals surface area contributed by atoms with E-state index in [1.54, 1.807) is 24.3 Å². The molecule has 1 rings (SSSR count). The van der Waals surface area contributed by atoms with E-state index in [1.807, 2.05) is 0 Å². The first-order valence-electron chi connectivity index (χ1n) is 6.49. The molecule has 0 aliphatic rings. The van der Waals surface area contributed by atoms with Crippen LogP contribution in [-0.4, -0.2) is 48.5 Å². The molecule has 22 heavy (non-hydrogen) atoms. The Hall–Kier alpha value is -1.22. The van der Waals surface area contributed by atoms with E-state index in [4.69, 9.17) is 19.7 Å². The molecule has 4 nitrogen and oxygen atoms in total. The first-order chi connectivity index (χ1) is 10.3. The van der Waals surface area contributed by atoms with Gasteiger partial charge >= 0.3 is 0 Å². The summed E-state index contributed by atoms with van der Waals surface area (Å²) in [6.45, 7) is -4.60. The number of ether oxygens (including phenoxy) is 2. The first-order valence-corrected chi connectivity index (χ1v) is 6.49. The number of rotatable bonds is 10. The largest absolute Gasteiger partial charge is 0.390 e. The predicted molar refractivity (Wildman–Crippen MR) is 69.8 cm³/mol. The first kappa shape index (κ1) is 18.8. The number of halogens is 4. The molecule has 0 unspecified atom stereocenters. The standard InChI is InChI=1S/C14H18F4O4/c15-13(16,7-19)9-21-5-11-2-1-3-12(4-11)6-22-10-14(17,18)8-20/h1-4,19-20H,5-10H2. The van der Waals surface area contributed by atoms with Crippen molar-refractivity contribution in [2.75, 3.05) is 26.4 Å². The average molecular weight is 326 g/mol. The van der Waals surface area contributed by atoms with Gasteiger partial charge in [-0.15, -0.1) is 0 Å². The quantitative estimate of drug-likeness (QED) is 0.646. The smallest absolute Gasteiger partial charge is 0.293 e. The summed E-state index contributed by atoms with van der Waals surface area (Å²) in [5, 5.41) is 16.8. The molecule has 2 N–H and O–H groups in total. The SMILES string of the molecule is OCC(F)(F)COCc1cccc(COCC(F)(F)CO)c1. The van der Waals surface area contributed by atoms with Gasteiger partial charge in [0.05, 0.1) is 13.2 Å². The second-order valence-corrected chi connectivity index (χ2v) is 4.83. The summed E-state index contributed by atoms with van der Waals surface area (Å²) in [5.41, 5.74) is 1.15. The van der Waals surface area contributed by atoms with Crippen LogP contribution in [0, 0.1) is 0 Å². The highest BCUT2D eigenvalue weighted by atomic mass is 19.3. The minimum atomic E-state index is -3.30. The molecule has 0 saturated carbocycles. The molecule has 0 saturated heterocycles. The van der Waals surface area contributed by atoms with Crippen LogP contribution in [0.2, 0.25) is 0 Å². The van der Waals surface area contributed by atoms with Crippen molar-refractivity contribution in [2.45, 2.75) is 25.1 Å². The van der Waals surface area contributed by atoms with Crippen LogP contribution in [-0.2, 0) is 22.7 Å². The Balaban J connectivity index is 2.42. The van der Waals surface area contributed by atoms with Gasteiger partial charge in [0.25, 0.3) is 11.8 Å². The number of alkyl halides is 4. The third-order valence-electron chi connectivity index (χ3n) is 2.62. The van der Waals surface area contributed by atoms with Crippen molar-refractivity contribution >= 4 is 0 Å². The van der Waals surface area contributed by atoms with Crippen LogP contribution in [0.15, 0.2) is 24.3 Å². The lowest BCUT2D eigenvalue weighted by molar-refractivity contribution is -0.111. The molecule has 126 valence electrons. The van der Waals surface area contributed by atoms with Gasteiger partial charge in [-0.25, -0.2) is 17.6 Å². The zero-order valence-corrected chi connectivity index (χ0v) is 11.8. The van der Waals surface area contributed by atoms with Gasteiger partial charge in [-0.2, -0.15) is 0 Å². The summed E-state index contributed by atoms with van der Waals surface area (Å²) in [5.74, 6) is -6.59. The highest BCUT2D eigenvalue weighted by Gasteiger charge is 2.28. The van der Waals surface area contributed by atoms with E-state index in [1.165, 1.54) is 0 Å². The second-order valence-electron chi connectivity index (χ2n) is 4.83. The van der Waals surface area contributed by atoms with Gasteiger partial charge in [0.2, 0.25) is 0 Å². The zero-order chi connectivity index (χ0) is 16.6. The summed E-state index contributed by atoms with van der Waals surface area (Å²) in [6, 6.07) is 6.45. The van der Waals surface area contributed by atoms with Crippen LogP contribution in [0.1, 0.15) is 11.1 Å². The predicted octanol–water partition coefficient (Wildman–Crippen LogP) is 1.97. The van der Waals surface area contributed by atoms with Crippen molar-refractivity contribution in [1.82, 2.24) is 0 Å². The van der Waals surface area contributed by atoms with Gasteiger partial charge in [-0.05, 0) is 11.1 Å². The van der Waals surface area contributed by atoms with E-state index < -0.39 is 38.3 Å². The monoisotopic (exact) mass is 326 g/mol. The Labute approximate surface area is 125 Å². The van der Waals surface area contributed by atoms with Gasteiger partial charge in [-0.3, -0.25) is 0 Å². The fourth-order valence-corrected chi connectivity index (χ4v) is 1.54. The molecule has 1 aromatic carbocycles. The van der Waals surface area contributed by atoms with Crippen molar-refractivity contribution in [3.8, 4) is 0 Å². The van der Waals surface area contributed by atoms with Crippen LogP contribution in [0.4, 0.5) is 17.6 Å². The van der Waals surface area contributed by atoms with Gasteiger partial charge in [0.15, 0.2) is 0 Å². The molecule has 0 heterocycles. The lowest BCUT2D eigenvalue weighted by atomic mass is 10.1. The second kappa shape index (κ2) is 8.42. The number of benzene rings is 1. The third kappa shape index (κ3) is 7.17.